The highest BCUT2D eigenvalue weighted by atomic mass is 32.2. The van der Waals surface area contributed by atoms with E-state index in [1.54, 1.807) is 0 Å². The number of aromatic nitrogens is 2. The van der Waals surface area contributed by atoms with Crippen molar-refractivity contribution in [3.05, 3.63) is 11.4 Å². The summed E-state index contributed by atoms with van der Waals surface area (Å²) in [6, 6.07) is 0. The zero-order valence-corrected chi connectivity index (χ0v) is 12.9. The average molecular weight is 268 g/mol. The molecule has 1 rings (SSSR count). The van der Waals surface area contributed by atoms with E-state index in [9.17, 15) is 0 Å². The van der Waals surface area contributed by atoms with E-state index in [4.69, 9.17) is 0 Å². The molecule has 0 saturated carbocycles. The molecular weight excluding hydrogens is 244 g/mol. The van der Waals surface area contributed by atoms with Crippen LogP contribution in [-0.4, -0.2) is 42.1 Å². The standard InChI is InChI=1S/C13H24N4S/c1-6-11-15-12(14-7-2)10(3)13(16-11)17(4)8-9-18-5/h6-9H2,1-5H3,(H,14,15,16). The zero-order valence-electron chi connectivity index (χ0n) is 12.1. The Balaban J connectivity index is 3.04. The van der Waals surface area contributed by atoms with Crippen LogP contribution in [0, 0.1) is 6.92 Å². The van der Waals surface area contributed by atoms with Crippen LogP contribution in [-0.2, 0) is 6.42 Å². The Morgan fingerprint density at radius 3 is 2.56 bits per heavy atom. The summed E-state index contributed by atoms with van der Waals surface area (Å²) >= 11 is 1.85. The molecule has 0 aliphatic carbocycles. The summed E-state index contributed by atoms with van der Waals surface area (Å²) in [5.41, 5.74) is 1.14. The molecule has 1 N–H and O–H groups in total. The minimum absolute atomic E-state index is 0.863. The summed E-state index contributed by atoms with van der Waals surface area (Å²) in [7, 11) is 2.10. The molecule has 1 aromatic rings. The Morgan fingerprint density at radius 1 is 1.28 bits per heavy atom. The van der Waals surface area contributed by atoms with Gasteiger partial charge < -0.3 is 10.2 Å². The fraction of sp³-hybridized carbons (Fsp3) is 0.692. The van der Waals surface area contributed by atoms with Gasteiger partial charge in [-0.2, -0.15) is 11.8 Å². The number of aryl methyl sites for hydroxylation is 1. The summed E-state index contributed by atoms with van der Waals surface area (Å²) in [5.74, 6) is 4.03. The molecule has 0 fully saturated rings. The fourth-order valence-electron chi connectivity index (χ4n) is 1.75. The normalized spacial score (nSPS) is 10.5. The molecule has 1 heterocycles. The van der Waals surface area contributed by atoms with Gasteiger partial charge in [0.1, 0.15) is 17.5 Å². The van der Waals surface area contributed by atoms with Crippen LogP contribution in [0.1, 0.15) is 25.2 Å². The van der Waals surface area contributed by atoms with Crippen LogP contribution in [0.5, 0.6) is 0 Å². The number of rotatable bonds is 7. The van der Waals surface area contributed by atoms with Gasteiger partial charge in [0.05, 0.1) is 0 Å². The smallest absolute Gasteiger partial charge is 0.137 e. The SMILES string of the molecule is CCNc1nc(CC)nc(N(C)CCSC)c1C. The van der Waals surface area contributed by atoms with Crippen molar-refractivity contribution in [3.63, 3.8) is 0 Å². The number of thioether (sulfide) groups is 1. The average Bonchev–Trinajstić information content (AvgIpc) is 2.38. The number of hydrogen-bond donors (Lipinski definition) is 1. The highest BCUT2D eigenvalue weighted by Gasteiger charge is 2.12. The Hall–Kier alpha value is -0.970. The summed E-state index contributed by atoms with van der Waals surface area (Å²) in [5, 5.41) is 3.32. The van der Waals surface area contributed by atoms with Crippen molar-refractivity contribution in [1.29, 1.82) is 0 Å². The maximum atomic E-state index is 4.65. The van der Waals surface area contributed by atoms with Gasteiger partial charge in [0.25, 0.3) is 0 Å². The van der Waals surface area contributed by atoms with Crippen LogP contribution in [0.4, 0.5) is 11.6 Å². The topological polar surface area (TPSA) is 41.1 Å². The summed E-state index contributed by atoms with van der Waals surface area (Å²) in [4.78, 5) is 11.4. The highest BCUT2D eigenvalue weighted by molar-refractivity contribution is 7.98. The highest BCUT2D eigenvalue weighted by Crippen LogP contribution is 2.23. The van der Waals surface area contributed by atoms with Crippen LogP contribution in [0.25, 0.3) is 0 Å². The van der Waals surface area contributed by atoms with E-state index >= 15 is 0 Å². The quantitative estimate of drug-likeness (QED) is 0.823. The van der Waals surface area contributed by atoms with E-state index in [2.05, 4.69) is 54.3 Å². The predicted molar refractivity (Wildman–Crippen MR) is 82.0 cm³/mol. The molecule has 0 aromatic carbocycles. The van der Waals surface area contributed by atoms with Crippen molar-refractivity contribution >= 4 is 23.4 Å². The number of hydrogen-bond acceptors (Lipinski definition) is 5. The van der Waals surface area contributed by atoms with Gasteiger partial charge in [-0.15, -0.1) is 0 Å². The molecule has 0 aliphatic heterocycles. The van der Waals surface area contributed by atoms with Crippen LogP contribution >= 0.6 is 11.8 Å². The number of nitrogens with one attached hydrogen (secondary N) is 1. The molecule has 18 heavy (non-hydrogen) atoms. The Kier molecular flexibility index (Phi) is 6.25. The molecule has 5 heteroatoms. The van der Waals surface area contributed by atoms with Gasteiger partial charge in [0.2, 0.25) is 0 Å². The summed E-state index contributed by atoms with van der Waals surface area (Å²) in [6.07, 6.45) is 2.99. The fourth-order valence-corrected chi connectivity index (χ4v) is 2.21. The van der Waals surface area contributed by atoms with Crippen molar-refractivity contribution in [2.75, 3.05) is 42.4 Å². The van der Waals surface area contributed by atoms with Crippen LogP contribution in [0.3, 0.4) is 0 Å². The lowest BCUT2D eigenvalue weighted by molar-refractivity contribution is 0.872. The Bertz CT molecular complexity index is 381. The van der Waals surface area contributed by atoms with E-state index < -0.39 is 0 Å². The summed E-state index contributed by atoms with van der Waals surface area (Å²) in [6.45, 7) is 8.15. The first-order valence-electron chi connectivity index (χ1n) is 6.45. The third-order valence-electron chi connectivity index (χ3n) is 2.82. The molecule has 0 radical (unpaired) electrons. The van der Waals surface area contributed by atoms with Gasteiger partial charge in [-0.3, -0.25) is 0 Å². The van der Waals surface area contributed by atoms with Gasteiger partial charge in [-0.25, -0.2) is 9.97 Å². The minimum atomic E-state index is 0.863. The minimum Gasteiger partial charge on any atom is -0.370 e. The molecule has 4 nitrogen and oxygen atoms in total. The van der Waals surface area contributed by atoms with Gasteiger partial charge >= 0.3 is 0 Å². The van der Waals surface area contributed by atoms with Gasteiger partial charge in [0.15, 0.2) is 0 Å². The maximum absolute atomic E-state index is 4.65. The maximum Gasteiger partial charge on any atom is 0.137 e. The lowest BCUT2D eigenvalue weighted by Crippen LogP contribution is -2.24. The third-order valence-corrected chi connectivity index (χ3v) is 3.41. The molecule has 0 unspecified atom stereocenters. The van der Waals surface area contributed by atoms with Gasteiger partial charge in [-0.1, -0.05) is 6.92 Å². The monoisotopic (exact) mass is 268 g/mol. The first-order chi connectivity index (χ1) is 8.63. The predicted octanol–water partition coefficient (Wildman–Crippen LogP) is 2.58. The summed E-state index contributed by atoms with van der Waals surface area (Å²) < 4.78 is 0. The van der Waals surface area contributed by atoms with E-state index in [0.717, 1.165) is 48.3 Å². The number of nitrogens with zero attached hydrogens (tertiary/aromatic N) is 3. The molecular formula is C13H24N4S. The first-order valence-corrected chi connectivity index (χ1v) is 7.84. The Morgan fingerprint density at radius 2 is 2.00 bits per heavy atom. The lowest BCUT2D eigenvalue weighted by atomic mass is 10.2. The molecule has 102 valence electrons. The van der Waals surface area contributed by atoms with E-state index in [-0.39, 0.29) is 0 Å². The largest absolute Gasteiger partial charge is 0.370 e. The van der Waals surface area contributed by atoms with Crippen molar-refractivity contribution in [2.24, 2.45) is 0 Å². The molecule has 0 saturated heterocycles. The van der Waals surface area contributed by atoms with E-state index in [1.165, 1.54) is 0 Å². The van der Waals surface area contributed by atoms with Gasteiger partial charge in [0, 0.05) is 37.9 Å². The second-order valence-electron chi connectivity index (χ2n) is 4.24. The van der Waals surface area contributed by atoms with Crippen LogP contribution in [0.2, 0.25) is 0 Å². The zero-order chi connectivity index (χ0) is 13.5. The molecule has 0 bridgehead atoms. The van der Waals surface area contributed by atoms with Crippen molar-refractivity contribution in [3.8, 4) is 0 Å². The van der Waals surface area contributed by atoms with Gasteiger partial charge in [-0.05, 0) is 20.1 Å². The molecule has 0 atom stereocenters. The second-order valence-corrected chi connectivity index (χ2v) is 5.22. The van der Waals surface area contributed by atoms with Crippen LogP contribution in [0.15, 0.2) is 0 Å². The van der Waals surface area contributed by atoms with Crippen LogP contribution < -0.4 is 10.2 Å². The first kappa shape index (κ1) is 15.1. The number of anilines is 2. The molecule has 0 amide bonds. The molecule has 0 spiro atoms. The van der Waals surface area contributed by atoms with E-state index in [0.29, 0.717) is 0 Å². The Labute approximate surface area is 115 Å². The molecule has 1 aromatic heterocycles. The third kappa shape index (κ3) is 3.77. The van der Waals surface area contributed by atoms with E-state index in [1.807, 2.05) is 11.8 Å². The lowest BCUT2D eigenvalue weighted by Gasteiger charge is -2.22. The van der Waals surface area contributed by atoms with Crippen molar-refractivity contribution in [2.45, 2.75) is 27.2 Å². The molecule has 0 aliphatic rings. The van der Waals surface area contributed by atoms with Crippen molar-refractivity contribution in [1.82, 2.24) is 9.97 Å². The van der Waals surface area contributed by atoms with Crippen molar-refractivity contribution < 1.29 is 0 Å². The second kappa shape index (κ2) is 7.46.